The summed E-state index contributed by atoms with van der Waals surface area (Å²) in [7, 11) is 0. The van der Waals surface area contributed by atoms with Crippen molar-refractivity contribution in [2.75, 3.05) is 26.4 Å². The molecule has 0 fully saturated rings. The average molecular weight is 338 g/mol. The zero-order chi connectivity index (χ0) is 16.7. The third-order valence-corrected chi connectivity index (χ3v) is 3.51. The number of ether oxygens (including phenoxy) is 1. The number of rotatable bonds is 8. The summed E-state index contributed by atoms with van der Waals surface area (Å²) in [5.74, 6) is -0.235. The number of nitrogens with zero attached hydrogens (tertiary/aromatic N) is 2. The second-order valence-electron chi connectivity index (χ2n) is 4.98. The first-order valence-electron chi connectivity index (χ1n) is 7.42. The van der Waals surface area contributed by atoms with E-state index in [0.29, 0.717) is 36.9 Å². The maximum absolute atomic E-state index is 12.1. The van der Waals surface area contributed by atoms with Crippen molar-refractivity contribution in [1.82, 2.24) is 15.1 Å². The molecule has 7 heteroatoms. The van der Waals surface area contributed by atoms with Crippen molar-refractivity contribution in [3.8, 4) is 5.69 Å². The Morgan fingerprint density at radius 3 is 2.91 bits per heavy atom. The third-order valence-electron chi connectivity index (χ3n) is 3.19. The summed E-state index contributed by atoms with van der Waals surface area (Å²) in [4.78, 5) is 12.1. The van der Waals surface area contributed by atoms with Crippen LogP contribution in [0.2, 0.25) is 5.02 Å². The van der Waals surface area contributed by atoms with Gasteiger partial charge in [0.15, 0.2) is 5.69 Å². The fourth-order valence-corrected chi connectivity index (χ4v) is 2.30. The van der Waals surface area contributed by atoms with Gasteiger partial charge in [-0.3, -0.25) is 4.79 Å². The normalized spacial score (nSPS) is 10.7. The molecule has 2 N–H and O–H groups in total. The molecule has 0 aliphatic heterocycles. The molecule has 0 aliphatic carbocycles. The molecule has 2 aromatic rings. The van der Waals surface area contributed by atoms with Gasteiger partial charge in [0, 0.05) is 18.8 Å². The van der Waals surface area contributed by atoms with Crippen molar-refractivity contribution >= 4 is 17.5 Å². The number of carbonyl (C=O) groups is 1. The van der Waals surface area contributed by atoms with Crippen molar-refractivity contribution in [1.29, 1.82) is 0 Å². The molecule has 6 nitrogen and oxygen atoms in total. The van der Waals surface area contributed by atoms with Crippen LogP contribution in [-0.2, 0) is 4.74 Å². The van der Waals surface area contributed by atoms with Crippen LogP contribution >= 0.6 is 11.6 Å². The molecule has 124 valence electrons. The van der Waals surface area contributed by atoms with Gasteiger partial charge in [-0.1, -0.05) is 23.7 Å². The molecule has 23 heavy (non-hydrogen) atoms. The number of para-hydroxylation sites is 1. The molecule has 0 atom stereocenters. The number of nitrogens with one attached hydrogen (secondary N) is 1. The highest BCUT2D eigenvalue weighted by molar-refractivity contribution is 6.32. The summed E-state index contributed by atoms with van der Waals surface area (Å²) in [6, 6.07) is 9.07. The first-order chi connectivity index (χ1) is 11.1. The number of amides is 1. The Hall–Kier alpha value is -1.89. The van der Waals surface area contributed by atoms with E-state index in [9.17, 15) is 4.79 Å². The minimum Gasteiger partial charge on any atom is -0.394 e. The lowest BCUT2D eigenvalue weighted by Crippen LogP contribution is -2.26. The van der Waals surface area contributed by atoms with Crippen LogP contribution in [0.25, 0.3) is 5.69 Å². The van der Waals surface area contributed by atoms with Gasteiger partial charge in [-0.15, -0.1) is 0 Å². The molecule has 0 saturated carbocycles. The zero-order valence-corrected chi connectivity index (χ0v) is 13.7. The van der Waals surface area contributed by atoms with Gasteiger partial charge in [0.1, 0.15) is 0 Å². The summed E-state index contributed by atoms with van der Waals surface area (Å²) < 4.78 is 6.78. The van der Waals surface area contributed by atoms with Crippen LogP contribution in [0.5, 0.6) is 0 Å². The Labute approximate surface area is 140 Å². The van der Waals surface area contributed by atoms with E-state index in [1.165, 1.54) is 0 Å². The fourth-order valence-electron chi connectivity index (χ4n) is 2.09. The second kappa shape index (κ2) is 8.67. The largest absolute Gasteiger partial charge is 0.394 e. The van der Waals surface area contributed by atoms with E-state index in [0.717, 1.165) is 11.4 Å². The first-order valence-corrected chi connectivity index (χ1v) is 7.79. The molecule has 0 spiro atoms. The first kappa shape index (κ1) is 17.5. The number of hydrogen-bond donors (Lipinski definition) is 2. The molecule has 0 unspecified atom stereocenters. The molecule has 1 aromatic carbocycles. The third kappa shape index (κ3) is 4.79. The number of aromatic nitrogens is 2. The van der Waals surface area contributed by atoms with Crippen molar-refractivity contribution in [3.05, 3.63) is 46.7 Å². The molecule has 2 rings (SSSR count). The number of aryl methyl sites for hydroxylation is 1. The van der Waals surface area contributed by atoms with Crippen molar-refractivity contribution in [2.45, 2.75) is 13.3 Å². The molecule has 0 saturated heterocycles. The number of aliphatic hydroxyl groups is 1. The minimum absolute atomic E-state index is 0.00508. The van der Waals surface area contributed by atoms with Crippen LogP contribution in [-0.4, -0.2) is 47.2 Å². The van der Waals surface area contributed by atoms with Gasteiger partial charge in [0.05, 0.1) is 23.9 Å². The lowest BCUT2D eigenvalue weighted by molar-refractivity contribution is 0.0865. The number of benzene rings is 1. The van der Waals surface area contributed by atoms with Gasteiger partial charge in [-0.2, -0.15) is 5.10 Å². The van der Waals surface area contributed by atoms with Crippen molar-refractivity contribution in [3.63, 3.8) is 0 Å². The molecule has 0 aliphatic rings. The summed E-state index contributed by atoms with van der Waals surface area (Å²) in [6.07, 6.45) is 0.677. The monoisotopic (exact) mass is 337 g/mol. The van der Waals surface area contributed by atoms with Crippen LogP contribution in [0.3, 0.4) is 0 Å². The van der Waals surface area contributed by atoms with E-state index in [4.69, 9.17) is 21.4 Å². The molecule has 1 aromatic heterocycles. The van der Waals surface area contributed by atoms with E-state index >= 15 is 0 Å². The van der Waals surface area contributed by atoms with E-state index in [1.54, 1.807) is 16.8 Å². The van der Waals surface area contributed by atoms with Crippen LogP contribution in [0.4, 0.5) is 0 Å². The lowest BCUT2D eigenvalue weighted by Gasteiger charge is -2.06. The van der Waals surface area contributed by atoms with Crippen LogP contribution < -0.4 is 5.32 Å². The lowest BCUT2D eigenvalue weighted by atomic mass is 10.3. The molecule has 1 amide bonds. The topological polar surface area (TPSA) is 76.4 Å². The predicted octanol–water partition coefficient (Wildman–Crippen LogP) is 1.96. The number of carbonyl (C=O) groups excluding carboxylic acids is 1. The molecule has 0 bridgehead atoms. The van der Waals surface area contributed by atoms with Gasteiger partial charge in [-0.05, 0) is 31.5 Å². The maximum Gasteiger partial charge on any atom is 0.271 e. The van der Waals surface area contributed by atoms with Crippen molar-refractivity contribution < 1.29 is 14.6 Å². The molecular formula is C16H20ClN3O3. The summed E-state index contributed by atoms with van der Waals surface area (Å²) in [6.45, 7) is 3.17. The Bertz CT molecular complexity index is 658. The van der Waals surface area contributed by atoms with E-state index in [-0.39, 0.29) is 12.5 Å². The SMILES string of the molecule is Cc1cc(C(=O)NCCCOCCO)nn1-c1ccccc1Cl. The van der Waals surface area contributed by atoms with E-state index < -0.39 is 0 Å². The number of hydrogen-bond acceptors (Lipinski definition) is 4. The molecule has 1 heterocycles. The van der Waals surface area contributed by atoms with Gasteiger partial charge in [-0.25, -0.2) is 4.68 Å². The Morgan fingerprint density at radius 2 is 2.17 bits per heavy atom. The standard InChI is InChI=1S/C16H20ClN3O3/c1-12-11-14(16(22)18-7-4-9-23-10-8-21)19-20(12)15-6-3-2-5-13(15)17/h2-3,5-6,11,21H,4,7-10H2,1H3,(H,18,22). The molecule has 0 radical (unpaired) electrons. The highest BCUT2D eigenvalue weighted by Gasteiger charge is 2.14. The Kier molecular flexibility index (Phi) is 6.58. The molecular weight excluding hydrogens is 318 g/mol. The summed E-state index contributed by atoms with van der Waals surface area (Å²) >= 11 is 6.17. The Morgan fingerprint density at radius 1 is 1.39 bits per heavy atom. The van der Waals surface area contributed by atoms with Crippen LogP contribution in [0, 0.1) is 6.92 Å². The second-order valence-corrected chi connectivity index (χ2v) is 5.39. The number of halogens is 1. The minimum atomic E-state index is -0.235. The fraction of sp³-hybridized carbons (Fsp3) is 0.375. The quantitative estimate of drug-likeness (QED) is 0.722. The van der Waals surface area contributed by atoms with Crippen molar-refractivity contribution in [2.24, 2.45) is 0 Å². The highest BCUT2D eigenvalue weighted by atomic mass is 35.5. The van der Waals surface area contributed by atoms with Gasteiger partial charge in [0.2, 0.25) is 0 Å². The van der Waals surface area contributed by atoms with E-state index in [2.05, 4.69) is 10.4 Å². The van der Waals surface area contributed by atoms with Gasteiger partial charge in [0.25, 0.3) is 5.91 Å². The van der Waals surface area contributed by atoms with Crippen LogP contribution in [0.15, 0.2) is 30.3 Å². The predicted molar refractivity (Wildman–Crippen MR) is 88.2 cm³/mol. The smallest absolute Gasteiger partial charge is 0.271 e. The summed E-state index contributed by atoms with van der Waals surface area (Å²) in [5.41, 5.74) is 1.91. The van der Waals surface area contributed by atoms with Gasteiger partial charge >= 0.3 is 0 Å². The zero-order valence-electron chi connectivity index (χ0n) is 13.0. The Balaban J connectivity index is 1.95. The average Bonchev–Trinajstić information content (AvgIpc) is 2.93. The van der Waals surface area contributed by atoms with E-state index in [1.807, 2.05) is 25.1 Å². The number of aliphatic hydroxyl groups excluding tert-OH is 1. The highest BCUT2D eigenvalue weighted by Crippen LogP contribution is 2.21. The van der Waals surface area contributed by atoms with Crippen LogP contribution in [0.1, 0.15) is 22.6 Å². The maximum atomic E-state index is 12.1. The summed E-state index contributed by atoms with van der Waals surface area (Å²) in [5, 5.41) is 16.3. The van der Waals surface area contributed by atoms with Gasteiger partial charge < -0.3 is 15.2 Å².